The Kier molecular flexibility index (Phi) is 5.64. The predicted octanol–water partition coefficient (Wildman–Crippen LogP) is 2.50. The molecule has 0 saturated carbocycles. The van der Waals surface area contributed by atoms with Gasteiger partial charge < -0.3 is 15.2 Å². The highest BCUT2D eigenvalue weighted by molar-refractivity contribution is 7.93. The molecule has 3 aromatic rings. The zero-order valence-electron chi connectivity index (χ0n) is 17.2. The molecule has 4 N–H and O–H groups in total. The lowest BCUT2D eigenvalue weighted by atomic mass is 10.2. The summed E-state index contributed by atoms with van der Waals surface area (Å²) < 4.78 is 61.2. The number of hydrogen-bond acceptors (Lipinski definition) is 7. The molecule has 1 aliphatic rings. The van der Waals surface area contributed by atoms with E-state index in [0.29, 0.717) is 17.0 Å². The first-order valence-corrected chi connectivity index (χ1v) is 12.5. The quantitative estimate of drug-likeness (QED) is 0.372. The van der Waals surface area contributed by atoms with Gasteiger partial charge in [-0.1, -0.05) is 12.1 Å². The molecule has 172 valence electrons. The fraction of sp³-hybridized carbons (Fsp3) is 0.0952. The standard InChI is InChI=1S/C21H19N3O7S2/c1-31-20-5-3-2-4-17(20)23-33(29,30)15-7-9-19(25)18(12-15)24-32(27,28)14-6-8-16-13(10-14)11-21(26)22-16/h2-10,12,23-25H,11H2,1H3,(H,22,26). The first kappa shape index (κ1) is 22.4. The molecular formula is C21H19N3O7S2. The van der Waals surface area contributed by atoms with E-state index >= 15 is 0 Å². The number of rotatable bonds is 7. The van der Waals surface area contributed by atoms with Gasteiger partial charge >= 0.3 is 0 Å². The molecule has 12 heteroatoms. The van der Waals surface area contributed by atoms with Crippen LogP contribution in [0.3, 0.4) is 0 Å². The number of para-hydroxylation sites is 2. The maximum Gasteiger partial charge on any atom is 0.262 e. The highest BCUT2D eigenvalue weighted by Crippen LogP contribution is 2.32. The van der Waals surface area contributed by atoms with Crippen LogP contribution in [0.1, 0.15) is 5.56 Å². The van der Waals surface area contributed by atoms with E-state index in [1.807, 2.05) is 0 Å². The Morgan fingerprint density at radius 3 is 2.24 bits per heavy atom. The summed E-state index contributed by atoms with van der Waals surface area (Å²) in [5, 5.41) is 12.8. The summed E-state index contributed by atoms with van der Waals surface area (Å²) in [5.41, 5.74) is 0.908. The van der Waals surface area contributed by atoms with Crippen LogP contribution in [-0.4, -0.2) is 35.0 Å². The van der Waals surface area contributed by atoms with Crippen LogP contribution >= 0.6 is 0 Å². The number of carbonyl (C=O) groups is 1. The minimum Gasteiger partial charge on any atom is -0.506 e. The van der Waals surface area contributed by atoms with Gasteiger partial charge in [0.2, 0.25) is 5.91 Å². The molecule has 10 nitrogen and oxygen atoms in total. The maximum atomic E-state index is 12.9. The summed E-state index contributed by atoms with van der Waals surface area (Å²) in [6, 6.07) is 13.7. The van der Waals surface area contributed by atoms with Gasteiger partial charge in [-0.25, -0.2) is 16.8 Å². The Bertz CT molecular complexity index is 1470. The fourth-order valence-corrected chi connectivity index (χ4v) is 5.48. The first-order chi connectivity index (χ1) is 15.6. The summed E-state index contributed by atoms with van der Waals surface area (Å²) in [6.07, 6.45) is 0.0479. The second-order valence-electron chi connectivity index (χ2n) is 7.13. The number of phenols is 1. The largest absolute Gasteiger partial charge is 0.506 e. The summed E-state index contributed by atoms with van der Waals surface area (Å²) >= 11 is 0. The molecule has 0 fully saturated rings. The van der Waals surface area contributed by atoms with Gasteiger partial charge in [0.1, 0.15) is 11.5 Å². The molecule has 0 aromatic heterocycles. The van der Waals surface area contributed by atoms with Gasteiger partial charge in [-0.3, -0.25) is 14.2 Å². The van der Waals surface area contributed by atoms with Crippen LogP contribution in [-0.2, 0) is 31.3 Å². The second kappa shape index (κ2) is 8.30. The molecule has 0 unspecified atom stereocenters. The Hall–Kier alpha value is -3.77. The molecule has 0 saturated heterocycles. The average Bonchev–Trinajstić information content (AvgIpc) is 3.14. The van der Waals surface area contributed by atoms with Crippen molar-refractivity contribution in [2.24, 2.45) is 0 Å². The van der Waals surface area contributed by atoms with Crippen LogP contribution in [0.5, 0.6) is 11.5 Å². The summed E-state index contributed by atoms with van der Waals surface area (Å²) in [7, 11) is -6.94. The van der Waals surface area contributed by atoms with Crippen molar-refractivity contribution in [1.29, 1.82) is 0 Å². The van der Waals surface area contributed by atoms with E-state index in [4.69, 9.17) is 4.74 Å². The lowest BCUT2D eigenvalue weighted by Crippen LogP contribution is -2.16. The minimum absolute atomic E-state index is 0.0479. The number of anilines is 3. The molecular weight excluding hydrogens is 470 g/mol. The van der Waals surface area contributed by atoms with Crippen molar-refractivity contribution in [2.45, 2.75) is 16.2 Å². The van der Waals surface area contributed by atoms with E-state index in [9.17, 15) is 26.7 Å². The topological polar surface area (TPSA) is 151 Å². The number of benzene rings is 3. The zero-order chi connectivity index (χ0) is 23.8. The Labute approximate surface area is 190 Å². The molecule has 0 radical (unpaired) electrons. The number of fused-ring (bicyclic) bond motifs is 1. The maximum absolute atomic E-state index is 12.9. The van der Waals surface area contributed by atoms with Crippen molar-refractivity contribution in [2.75, 3.05) is 21.9 Å². The molecule has 0 bridgehead atoms. The van der Waals surface area contributed by atoms with E-state index in [2.05, 4.69) is 14.8 Å². The first-order valence-electron chi connectivity index (χ1n) is 9.53. The summed E-state index contributed by atoms with van der Waals surface area (Å²) in [6.45, 7) is 0. The third-order valence-electron chi connectivity index (χ3n) is 4.89. The molecule has 0 spiro atoms. The number of carbonyl (C=O) groups excluding carboxylic acids is 1. The monoisotopic (exact) mass is 489 g/mol. The predicted molar refractivity (Wildman–Crippen MR) is 121 cm³/mol. The van der Waals surface area contributed by atoms with E-state index in [0.717, 1.165) is 18.2 Å². The second-order valence-corrected chi connectivity index (χ2v) is 10.5. The smallest absolute Gasteiger partial charge is 0.262 e. The van der Waals surface area contributed by atoms with Gasteiger partial charge in [0.05, 0.1) is 34.7 Å². The molecule has 1 aliphatic heterocycles. The number of aromatic hydroxyl groups is 1. The van der Waals surface area contributed by atoms with Crippen molar-refractivity contribution < 1.29 is 31.5 Å². The number of nitrogens with one attached hydrogen (secondary N) is 3. The highest BCUT2D eigenvalue weighted by atomic mass is 32.2. The lowest BCUT2D eigenvalue weighted by Gasteiger charge is -2.14. The van der Waals surface area contributed by atoms with Gasteiger partial charge in [0, 0.05) is 5.69 Å². The summed E-state index contributed by atoms with van der Waals surface area (Å²) in [5.74, 6) is -0.413. The molecule has 1 heterocycles. The van der Waals surface area contributed by atoms with E-state index in [-0.39, 0.29) is 33.5 Å². The SMILES string of the molecule is COc1ccccc1NS(=O)(=O)c1ccc(O)c(NS(=O)(=O)c2ccc3c(c2)CC(=O)N3)c1. The van der Waals surface area contributed by atoms with Crippen LogP contribution in [0.2, 0.25) is 0 Å². The van der Waals surface area contributed by atoms with Crippen LogP contribution in [0.15, 0.2) is 70.5 Å². The molecule has 0 atom stereocenters. The number of sulfonamides is 2. The number of methoxy groups -OCH3 is 1. The van der Waals surface area contributed by atoms with E-state index < -0.39 is 25.8 Å². The van der Waals surface area contributed by atoms with Gasteiger partial charge in [0.15, 0.2) is 0 Å². The Balaban J connectivity index is 1.64. The molecule has 33 heavy (non-hydrogen) atoms. The van der Waals surface area contributed by atoms with E-state index in [1.54, 1.807) is 18.2 Å². The van der Waals surface area contributed by atoms with Crippen LogP contribution in [0.25, 0.3) is 0 Å². The van der Waals surface area contributed by atoms with Crippen LogP contribution < -0.4 is 19.5 Å². The van der Waals surface area contributed by atoms with Crippen LogP contribution in [0.4, 0.5) is 17.1 Å². The van der Waals surface area contributed by atoms with Crippen molar-refractivity contribution in [3.63, 3.8) is 0 Å². The third kappa shape index (κ3) is 4.56. The highest BCUT2D eigenvalue weighted by Gasteiger charge is 2.24. The van der Waals surface area contributed by atoms with E-state index in [1.165, 1.54) is 31.4 Å². The van der Waals surface area contributed by atoms with Gasteiger partial charge in [-0.05, 0) is 54.1 Å². The zero-order valence-corrected chi connectivity index (χ0v) is 18.8. The number of phenolic OH excluding ortho intramolecular Hbond substituents is 1. The van der Waals surface area contributed by atoms with Gasteiger partial charge in [-0.15, -0.1) is 0 Å². The van der Waals surface area contributed by atoms with Gasteiger partial charge in [-0.2, -0.15) is 0 Å². The minimum atomic E-state index is -4.19. The fourth-order valence-electron chi connectivity index (χ4n) is 3.27. The molecule has 1 amide bonds. The lowest BCUT2D eigenvalue weighted by molar-refractivity contribution is -0.115. The number of ether oxygens (including phenoxy) is 1. The third-order valence-corrected chi connectivity index (χ3v) is 7.61. The normalized spacial score (nSPS) is 13.2. The Morgan fingerprint density at radius 2 is 1.52 bits per heavy atom. The van der Waals surface area contributed by atoms with Crippen molar-refractivity contribution >= 4 is 43.0 Å². The average molecular weight is 490 g/mol. The van der Waals surface area contributed by atoms with Crippen molar-refractivity contribution in [3.8, 4) is 11.5 Å². The van der Waals surface area contributed by atoms with Crippen molar-refractivity contribution in [3.05, 3.63) is 66.2 Å². The summed E-state index contributed by atoms with van der Waals surface area (Å²) in [4.78, 5) is 11.1. The molecule has 0 aliphatic carbocycles. The number of amides is 1. The van der Waals surface area contributed by atoms with Gasteiger partial charge in [0.25, 0.3) is 20.0 Å². The van der Waals surface area contributed by atoms with Crippen LogP contribution in [0, 0.1) is 0 Å². The molecule has 3 aromatic carbocycles. The number of hydrogen-bond donors (Lipinski definition) is 4. The van der Waals surface area contributed by atoms with Crippen molar-refractivity contribution in [1.82, 2.24) is 0 Å². The molecule has 4 rings (SSSR count). The Morgan fingerprint density at radius 1 is 0.879 bits per heavy atom.